The molecule has 0 saturated heterocycles. The molecule has 1 atom stereocenters. The highest BCUT2D eigenvalue weighted by molar-refractivity contribution is 9.10. The van der Waals surface area contributed by atoms with Gasteiger partial charge in [0.15, 0.2) is 6.61 Å². The number of methoxy groups -OCH3 is 1. The molecule has 0 heterocycles. The van der Waals surface area contributed by atoms with Crippen molar-refractivity contribution in [2.75, 3.05) is 13.7 Å². The van der Waals surface area contributed by atoms with Crippen molar-refractivity contribution in [3.8, 4) is 5.75 Å². The Labute approximate surface area is 163 Å². The summed E-state index contributed by atoms with van der Waals surface area (Å²) in [5.74, 6) is -1.21. The van der Waals surface area contributed by atoms with Crippen LogP contribution in [-0.4, -0.2) is 25.6 Å². The van der Waals surface area contributed by atoms with Crippen molar-refractivity contribution in [2.24, 2.45) is 0 Å². The molecule has 0 spiro atoms. The third-order valence-electron chi connectivity index (χ3n) is 3.47. The van der Waals surface area contributed by atoms with Crippen LogP contribution in [0.25, 0.3) is 0 Å². The van der Waals surface area contributed by atoms with Crippen LogP contribution in [0.3, 0.4) is 0 Å². The lowest BCUT2D eigenvalue weighted by atomic mass is 10.0. The average molecular weight is 445 g/mol. The number of nitrogens with one attached hydrogen (secondary N) is 1. The van der Waals surface area contributed by atoms with Gasteiger partial charge in [0.25, 0.3) is 5.91 Å². The number of hydrogen-bond donors (Lipinski definition) is 1. The lowest BCUT2D eigenvalue weighted by Crippen LogP contribution is -2.34. The Balaban J connectivity index is 2.01. The van der Waals surface area contributed by atoms with E-state index >= 15 is 0 Å². The van der Waals surface area contributed by atoms with Crippen molar-refractivity contribution >= 4 is 39.4 Å². The van der Waals surface area contributed by atoms with E-state index in [1.807, 2.05) is 12.1 Å². The second-order valence-corrected chi connectivity index (χ2v) is 6.64. The Morgan fingerprint density at radius 2 is 1.92 bits per heavy atom. The molecule has 0 bridgehead atoms. The van der Waals surface area contributed by atoms with Gasteiger partial charge in [-0.25, -0.2) is 4.39 Å². The van der Waals surface area contributed by atoms with Crippen LogP contribution in [0.4, 0.5) is 4.39 Å². The van der Waals surface area contributed by atoms with E-state index in [0.29, 0.717) is 0 Å². The standard InChI is InChI=1S/C18H16BrClFNO4/c1-25-18(24)9-16(11-2-4-12(19)5-3-11)22-17(23)10-26-13-6-7-15(21)14(20)8-13/h2-8,16H,9-10H2,1H3,(H,22,23). The minimum Gasteiger partial charge on any atom is -0.484 e. The number of carbonyl (C=O) groups is 2. The van der Waals surface area contributed by atoms with E-state index in [1.165, 1.54) is 19.2 Å². The Morgan fingerprint density at radius 1 is 1.23 bits per heavy atom. The first-order valence-corrected chi connectivity index (χ1v) is 8.75. The summed E-state index contributed by atoms with van der Waals surface area (Å²) in [6.45, 7) is -0.309. The van der Waals surface area contributed by atoms with E-state index in [4.69, 9.17) is 16.3 Å². The third-order valence-corrected chi connectivity index (χ3v) is 4.29. The monoisotopic (exact) mass is 443 g/mol. The van der Waals surface area contributed by atoms with Gasteiger partial charge in [-0.05, 0) is 29.8 Å². The molecule has 0 aliphatic carbocycles. The third kappa shape index (κ3) is 6.00. The van der Waals surface area contributed by atoms with E-state index in [-0.39, 0.29) is 23.8 Å². The quantitative estimate of drug-likeness (QED) is 0.655. The van der Waals surface area contributed by atoms with Gasteiger partial charge in [-0.2, -0.15) is 0 Å². The lowest BCUT2D eigenvalue weighted by Gasteiger charge is -2.18. The maximum atomic E-state index is 13.1. The summed E-state index contributed by atoms with van der Waals surface area (Å²) < 4.78 is 24.0. The van der Waals surface area contributed by atoms with Gasteiger partial charge >= 0.3 is 5.97 Å². The number of rotatable bonds is 7. The molecular formula is C18H16BrClFNO4. The van der Waals surface area contributed by atoms with Gasteiger partial charge in [0.2, 0.25) is 0 Å². The molecule has 0 saturated carbocycles. The van der Waals surface area contributed by atoms with Crippen molar-refractivity contribution in [2.45, 2.75) is 12.5 Å². The van der Waals surface area contributed by atoms with Crippen molar-refractivity contribution in [1.82, 2.24) is 5.32 Å². The Kier molecular flexibility index (Phi) is 7.41. The summed E-state index contributed by atoms with van der Waals surface area (Å²) in [5, 5.41) is 2.63. The van der Waals surface area contributed by atoms with Crippen LogP contribution in [-0.2, 0) is 14.3 Å². The molecule has 0 aliphatic heterocycles. The highest BCUT2D eigenvalue weighted by atomic mass is 79.9. The molecule has 0 aromatic heterocycles. The van der Waals surface area contributed by atoms with E-state index in [9.17, 15) is 14.0 Å². The fourth-order valence-electron chi connectivity index (χ4n) is 2.15. The van der Waals surface area contributed by atoms with E-state index in [2.05, 4.69) is 26.0 Å². The second-order valence-electron chi connectivity index (χ2n) is 5.32. The fraction of sp³-hybridized carbons (Fsp3) is 0.222. The molecule has 26 heavy (non-hydrogen) atoms. The minimum atomic E-state index is -0.572. The van der Waals surface area contributed by atoms with Crippen LogP contribution in [0.1, 0.15) is 18.0 Å². The number of halogens is 3. The minimum absolute atomic E-state index is 0.0216. The topological polar surface area (TPSA) is 64.6 Å². The Hall–Kier alpha value is -2.12. The van der Waals surface area contributed by atoms with Gasteiger partial charge in [0, 0.05) is 10.5 Å². The number of esters is 1. The first kappa shape index (κ1) is 20.2. The van der Waals surface area contributed by atoms with E-state index in [1.54, 1.807) is 12.1 Å². The first-order chi connectivity index (χ1) is 12.4. The van der Waals surface area contributed by atoms with Crippen LogP contribution in [0.5, 0.6) is 5.75 Å². The summed E-state index contributed by atoms with van der Waals surface area (Å²) in [6.07, 6.45) is -0.0216. The van der Waals surface area contributed by atoms with Crippen molar-refractivity contribution < 1.29 is 23.5 Å². The van der Waals surface area contributed by atoms with Gasteiger partial charge < -0.3 is 14.8 Å². The van der Waals surface area contributed by atoms with Crippen molar-refractivity contribution in [3.05, 3.63) is 63.3 Å². The van der Waals surface area contributed by atoms with Gasteiger partial charge in [-0.15, -0.1) is 0 Å². The molecule has 138 valence electrons. The summed E-state index contributed by atoms with van der Waals surface area (Å²) in [6, 6.07) is 10.4. The molecule has 0 radical (unpaired) electrons. The van der Waals surface area contributed by atoms with Crippen LogP contribution < -0.4 is 10.1 Å². The normalized spacial score (nSPS) is 11.5. The van der Waals surface area contributed by atoms with Crippen LogP contribution >= 0.6 is 27.5 Å². The van der Waals surface area contributed by atoms with Crippen molar-refractivity contribution in [1.29, 1.82) is 0 Å². The highest BCUT2D eigenvalue weighted by Crippen LogP contribution is 2.22. The first-order valence-electron chi connectivity index (χ1n) is 7.58. The highest BCUT2D eigenvalue weighted by Gasteiger charge is 2.19. The molecular weight excluding hydrogens is 429 g/mol. The zero-order valence-corrected chi connectivity index (χ0v) is 16.1. The molecule has 1 N–H and O–H groups in total. The number of amides is 1. The Morgan fingerprint density at radius 3 is 2.54 bits per heavy atom. The smallest absolute Gasteiger partial charge is 0.307 e. The van der Waals surface area contributed by atoms with E-state index in [0.717, 1.165) is 16.1 Å². The molecule has 2 rings (SSSR count). The van der Waals surface area contributed by atoms with Gasteiger partial charge in [-0.1, -0.05) is 39.7 Å². The predicted molar refractivity (Wildman–Crippen MR) is 98.6 cm³/mol. The van der Waals surface area contributed by atoms with Gasteiger partial charge in [0.05, 0.1) is 24.6 Å². The van der Waals surface area contributed by atoms with Gasteiger partial charge in [0.1, 0.15) is 11.6 Å². The predicted octanol–water partition coefficient (Wildman–Crippen LogP) is 4.04. The van der Waals surface area contributed by atoms with Crippen LogP contribution in [0.2, 0.25) is 5.02 Å². The van der Waals surface area contributed by atoms with Crippen molar-refractivity contribution in [3.63, 3.8) is 0 Å². The van der Waals surface area contributed by atoms with Crippen LogP contribution in [0, 0.1) is 5.82 Å². The summed E-state index contributed by atoms with van der Waals surface area (Å²) in [7, 11) is 1.28. The fourth-order valence-corrected chi connectivity index (χ4v) is 2.58. The average Bonchev–Trinajstić information content (AvgIpc) is 2.62. The molecule has 5 nitrogen and oxygen atoms in total. The zero-order valence-electron chi connectivity index (χ0n) is 13.8. The molecule has 2 aromatic carbocycles. The molecule has 2 aromatic rings. The van der Waals surface area contributed by atoms with Gasteiger partial charge in [-0.3, -0.25) is 9.59 Å². The number of carbonyl (C=O) groups excluding carboxylic acids is 2. The summed E-state index contributed by atoms with van der Waals surface area (Å²) in [5.41, 5.74) is 0.747. The number of benzene rings is 2. The van der Waals surface area contributed by atoms with E-state index < -0.39 is 23.7 Å². The molecule has 8 heteroatoms. The Bertz CT molecular complexity index is 785. The molecule has 1 amide bonds. The second kappa shape index (κ2) is 9.54. The number of ether oxygens (including phenoxy) is 2. The largest absolute Gasteiger partial charge is 0.484 e. The lowest BCUT2D eigenvalue weighted by molar-refractivity contribution is -0.141. The van der Waals surface area contributed by atoms with Crippen LogP contribution in [0.15, 0.2) is 46.9 Å². The maximum absolute atomic E-state index is 13.1. The zero-order chi connectivity index (χ0) is 19.1. The molecule has 1 unspecified atom stereocenters. The molecule has 0 aliphatic rings. The number of hydrogen-bond acceptors (Lipinski definition) is 4. The maximum Gasteiger partial charge on any atom is 0.307 e. The summed E-state index contributed by atoms with van der Waals surface area (Å²) >= 11 is 9.00. The summed E-state index contributed by atoms with van der Waals surface area (Å²) in [4.78, 5) is 23.8. The SMILES string of the molecule is COC(=O)CC(NC(=O)COc1ccc(F)c(Cl)c1)c1ccc(Br)cc1. The molecule has 0 fully saturated rings.